The van der Waals surface area contributed by atoms with Crippen molar-refractivity contribution in [1.29, 1.82) is 0 Å². The van der Waals surface area contributed by atoms with Crippen LogP contribution >= 0.6 is 8.02 Å². The molecule has 0 radical (unpaired) electrons. The molecule has 0 heterocycles. The van der Waals surface area contributed by atoms with Crippen molar-refractivity contribution < 1.29 is 31.6 Å². The Morgan fingerprint density at radius 2 is 1.77 bits per heavy atom. The van der Waals surface area contributed by atoms with Gasteiger partial charge < -0.3 is 5.11 Å². The minimum absolute atomic E-state index is 0. The van der Waals surface area contributed by atoms with Crippen molar-refractivity contribution in [3.63, 3.8) is 0 Å². The van der Waals surface area contributed by atoms with E-state index in [1.165, 1.54) is 0 Å². The Kier molecular flexibility index (Phi) is 12.2. The first-order valence-electron chi connectivity index (χ1n) is 3.22. The third-order valence-corrected chi connectivity index (χ3v) is 1.30. The number of rotatable bonds is 2. The second kappa shape index (κ2) is 10.2. The molecule has 1 aromatic carbocycles. The van der Waals surface area contributed by atoms with Crippen molar-refractivity contribution in [1.82, 2.24) is 0 Å². The molecule has 2 nitrogen and oxygen atoms in total. The third-order valence-electron chi connectivity index (χ3n) is 1.30. The van der Waals surface area contributed by atoms with Gasteiger partial charge >= 0.3 is 0 Å². The van der Waals surface area contributed by atoms with Crippen LogP contribution in [-0.2, 0) is 40.1 Å². The molecule has 13 heavy (non-hydrogen) atoms. The molecule has 0 saturated heterocycles. The van der Waals surface area contributed by atoms with Gasteiger partial charge in [0.05, 0.1) is 6.61 Å². The van der Waals surface area contributed by atoms with Crippen LogP contribution in [0.5, 0.6) is 0 Å². The average Bonchev–Trinajstić information content (AvgIpc) is 2.21. The molecule has 0 spiro atoms. The maximum absolute atomic E-state index is 10.1. The summed E-state index contributed by atoms with van der Waals surface area (Å²) < 4.78 is 0. The quantitative estimate of drug-likeness (QED) is 0.490. The normalized spacial score (nSPS) is 7.46. The van der Waals surface area contributed by atoms with Crippen LogP contribution in [0.1, 0.15) is 15.9 Å². The summed E-state index contributed by atoms with van der Waals surface area (Å²) in [6, 6.07) is 6.81. The molecule has 0 amide bonds. The molecule has 0 aliphatic rings. The first-order chi connectivity index (χ1) is 5.86. The summed E-state index contributed by atoms with van der Waals surface area (Å²) in [6.07, 6.45) is 0.779. The molecule has 0 aromatic heterocycles. The van der Waals surface area contributed by atoms with E-state index < -0.39 is 0 Å². The Morgan fingerprint density at radius 3 is 2.08 bits per heavy atom. The summed E-state index contributed by atoms with van der Waals surface area (Å²) in [6.45, 7) is 0.0269. The standard InChI is InChI=1S/C8H8O2.HPS.Ti/c9-5-7-1-2-8(6-10)4-3-7;1-2;/h1-5,10H,6H2;1H;. The zero-order chi connectivity index (χ0) is 9.40. The van der Waals surface area contributed by atoms with Crippen molar-refractivity contribution in [2.45, 2.75) is 6.61 Å². The molecule has 0 saturated carbocycles. The number of benzene rings is 1. The second-order valence-corrected chi connectivity index (χ2v) is 2.02. The first-order valence-corrected chi connectivity index (χ1v) is 4.85. The molecule has 0 aliphatic heterocycles. The van der Waals surface area contributed by atoms with E-state index in [1.807, 2.05) is 0 Å². The Hall–Kier alpha value is 0.0843. The second-order valence-electron chi connectivity index (χ2n) is 2.02. The molecule has 0 unspecified atom stereocenters. The van der Waals surface area contributed by atoms with E-state index >= 15 is 0 Å². The van der Waals surface area contributed by atoms with Crippen molar-refractivity contribution in [3.8, 4) is 0 Å². The average molecular weight is 248 g/mol. The summed E-state index contributed by atoms with van der Waals surface area (Å²) in [5.74, 6) is 0. The van der Waals surface area contributed by atoms with Crippen molar-refractivity contribution in [3.05, 3.63) is 35.4 Å². The summed E-state index contributed by atoms with van der Waals surface area (Å²) in [7, 11) is 2.56. The molecule has 1 N–H and O–H groups in total. The molecule has 0 aliphatic carbocycles. The Bertz CT molecular complexity index is 240. The van der Waals surface area contributed by atoms with Crippen LogP contribution in [0.3, 0.4) is 0 Å². The summed E-state index contributed by atoms with van der Waals surface area (Å²) in [5.41, 5.74) is 1.46. The maximum atomic E-state index is 10.1. The van der Waals surface area contributed by atoms with Gasteiger partial charge in [0.1, 0.15) is 6.29 Å². The molecular formula is C8H9O2PSTi. The smallest absolute Gasteiger partial charge is 0.150 e. The zero-order valence-corrected chi connectivity index (χ0v) is 10.2. The Labute approximate surface area is 99.5 Å². The minimum atomic E-state index is 0. The van der Waals surface area contributed by atoms with Crippen LogP contribution in [0.2, 0.25) is 0 Å². The predicted octanol–water partition coefficient (Wildman–Crippen LogP) is 1.58. The summed E-state index contributed by atoms with van der Waals surface area (Å²) >= 11 is 3.89. The third kappa shape index (κ3) is 6.20. The fourth-order valence-corrected chi connectivity index (χ4v) is 0.702. The Balaban J connectivity index is 0. The first kappa shape index (κ1) is 15.6. The van der Waals surface area contributed by atoms with E-state index in [0.717, 1.165) is 11.8 Å². The number of carbonyl (C=O) groups is 1. The van der Waals surface area contributed by atoms with Gasteiger partial charge in [0, 0.05) is 27.3 Å². The van der Waals surface area contributed by atoms with E-state index in [9.17, 15) is 4.79 Å². The van der Waals surface area contributed by atoms with Crippen LogP contribution in [0, 0.1) is 0 Å². The monoisotopic (exact) mass is 248 g/mol. The van der Waals surface area contributed by atoms with E-state index in [2.05, 4.69) is 19.8 Å². The van der Waals surface area contributed by atoms with Gasteiger partial charge in [-0.25, -0.2) is 0 Å². The Morgan fingerprint density at radius 1 is 1.31 bits per heavy atom. The zero-order valence-electron chi connectivity index (χ0n) is 6.86. The molecule has 0 bridgehead atoms. The minimum Gasteiger partial charge on any atom is -0.392 e. The van der Waals surface area contributed by atoms with Crippen molar-refractivity contribution in [2.75, 3.05) is 0 Å². The van der Waals surface area contributed by atoms with Crippen LogP contribution in [0.4, 0.5) is 0 Å². The SMILES string of the molecule is O=Cc1ccc(CO)cc1.P=S.[Ti]. The van der Waals surface area contributed by atoms with E-state index in [1.54, 1.807) is 24.3 Å². The van der Waals surface area contributed by atoms with E-state index in [4.69, 9.17) is 5.11 Å². The number of hydrogen-bond donors (Lipinski definition) is 1. The number of aliphatic hydroxyl groups is 1. The largest absolute Gasteiger partial charge is 0.392 e. The molecule has 1 aromatic rings. The molecule has 0 fully saturated rings. The number of aliphatic hydroxyl groups excluding tert-OH is 1. The van der Waals surface area contributed by atoms with Crippen LogP contribution in [0.25, 0.3) is 0 Å². The molecular weight excluding hydrogens is 239 g/mol. The van der Waals surface area contributed by atoms with Crippen LogP contribution < -0.4 is 0 Å². The molecule has 5 heteroatoms. The van der Waals surface area contributed by atoms with Crippen molar-refractivity contribution in [2.24, 2.45) is 0 Å². The topological polar surface area (TPSA) is 37.3 Å². The molecule has 68 valence electrons. The van der Waals surface area contributed by atoms with Crippen LogP contribution in [0.15, 0.2) is 24.3 Å². The number of hydrogen-bond acceptors (Lipinski definition) is 3. The van der Waals surface area contributed by atoms with Gasteiger partial charge in [-0.3, -0.25) is 4.79 Å². The van der Waals surface area contributed by atoms with Gasteiger partial charge in [-0.2, -0.15) is 0 Å². The van der Waals surface area contributed by atoms with Crippen LogP contribution in [-0.4, -0.2) is 11.4 Å². The molecule has 1 rings (SSSR count). The van der Waals surface area contributed by atoms with E-state index in [0.29, 0.717) is 5.56 Å². The van der Waals surface area contributed by atoms with Gasteiger partial charge in [0.25, 0.3) is 0 Å². The van der Waals surface area contributed by atoms with Gasteiger partial charge in [0.2, 0.25) is 0 Å². The van der Waals surface area contributed by atoms with E-state index in [-0.39, 0.29) is 28.3 Å². The molecule has 0 atom stereocenters. The van der Waals surface area contributed by atoms with Gasteiger partial charge in [-0.15, -0.1) is 0 Å². The van der Waals surface area contributed by atoms with Gasteiger partial charge in [-0.1, -0.05) is 36.1 Å². The summed E-state index contributed by atoms with van der Waals surface area (Å²) in [5, 5.41) is 8.61. The fourth-order valence-electron chi connectivity index (χ4n) is 0.702. The fraction of sp³-hybridized carbons (Fsp3) is 0.125. The van der Waals surface area contributed by atoms with Gasteiger partial charge in [0.15, 0.2) is 0 Å². The predicted molar refractivity (Wildman–Crippen MR) is 53.4 cm³/mol. The number of aldehydes is 1. The number of carbonyl (C=O) groups excluding carboxylic acids is 1. The van der Waals surface area contributed by atoms with Gasteiger partial charge in [-0.05, 0) is 13.6 Å². The maximum Gasteiger partial charge on any atom is 0.150 e. The summed E-state index contributed by atoms with van der Waals surface area (Å²) in [4.78, 5) is 10.1. The van der Waals surface area contributed by atoms with Crippen molar-refractivity contribution >= 4 is 26.1 Å².